The summed E-state index contributed by atoms with van der Waals surface area (Å²) in [6, 6.07) is 2.36. The number of aliphatic hydroxyl groups excluding tert-OH is 1. The number of benzene rings is 1. The molecule has 1 amide bonds. The molecular formula is C13H15F2NO4S. The molecule has 0 fully saturated rings. The van der Waals surface area contributed by atoms with E-state index in [9.17, 15) is 18.4 Å². The zero-order valence-corrected chi connectivity index (χ0v) is 12.1. The van der Waals surface area contributed by atoms with Gasteiger partial charge in [0.15, 0.2) is 17.7 Å². The molecular weight excluding hydrogens is 304 g/mol. The van der Waals surface area contributed by atoms with Crippen LogP contribution >= 0.6 is 11.8 Å². The molecule has 0 saturated heterocycles. The highest BCUT2D eigenvalue weighted by atomic mass is 32.2. The summed E-state index contributed by atoms with van der Waals surface area (Å²) in [4.78, 5) is 23.2. The van der Waals surface area contributed by atoms with E-state index < -0.39 is 36.2 Å². The van der Waals surface area contributed by atoms with E-state index in [1.165, 1.54) is 17.8 Å². The first-order chi connectivity index (χ1) is 9.97. The third-order valence-corrected chi connectivity index (χ3v) is 3.49. The summed E-state index contributed by atoms with van der Waals surface area (Å²) in [5, 5.41) is 11.3. The number of halogens is 2. The van der Waals surface area contributed by atoms with Gasteiger partial charge in [0.2, 0.25) is 5.91 Å². The molecule has 21 heavy (non-hydrogen) atoms. The zero-order valence-electron chi connectivity index (χ0n) is 11.3. The van der Waals surface area contributed by atoms with Crippen molar-refractivity contribution in [3.05, 3.63) is 29.8 Å². The van der Waals surface area contributed by atoms with E-state index in [0.29, 0.717) is 10.6 Å². The van der Waals surface area contributed by atoms with E-state index in [-0.39, 0.29) is 6.42 Å². The van der Waals surface area contributed by atoms with E-state index in [0.717, 1.165) is 19.2 Å². The Morgan fingerprint density at radius 1 is 1.38 bits per heavy atom. The first kappa shape index (κ1) is 17.4. The lowest BCUT2D eigenvalue weighted by molar-refractivity contribution is -0.146. The molecule has 116 valence electrons. The van der Waals surface area contributed by atoms with Crippen LogP contribution in [0, 0.1) is 11.6 Å². The van der Waals surface area contributed by atoms with Crippen LogP contribution in [0.2, 0.25) is 0 Å². The highest BCUT2D eigenvalue weighted by Gasteiger charge is 2.20. The number of aliphatic hydroxyl groups is 1. The van der Waals surface area contributed by atoms with Gasteiger partial charge in [0.05, 0.1) is 13.7 Å². The van der Waals surface area contributed by atoms with Gasteiger partial charge in [-0.15, -0.1) is 11.8 Å². The van der Waals surface area contributed by atoms with Crippen LogP contribution in [0.15, 0.2) is 23.1 Å². The van der Waals surface area contributed by atoms with Gasteiger partial charge in [0.25, 0.3) is 0 Å². The minimum Gasteiger partial charge on any atom is -0.467 e. The van der Waals surface area contributed by atoms with Crippen LogP contribution in [0.1, 0.15) is 6.42 Å². The molecule has 0 aliphatic rings. The van der Waals surface area contributed by atoms with E-state index >= 15 is 0 Å². The molecule has 0 aromatic heterocycles. The Kier molecular flexibility index (Phi) is 7.10. The standard InChI is InChI=1S/C13H15F2NO4S/c1-20-13(19)11(7-17)16-12(18)4-5-21-8-2-3-9(14)10(15)6-8/h2-3,6,11,17H,4-5,7H2,1H3,(H,16,18). The predicted octanol–water partition coefficient (Wildman–Crippen LogP) is 1.10. The number of esters is 1. The Hall–Kier alpha value is -1.67. The Labute approximate surface area is 124 Å². The van der Waals surface area contributed by atoms with Gasteiger partial charge in [-0.05, 0) is 18.2 Å². The molecule has 1 aromatic carbocycles. The molecule has 0 bridgehead atoms. The summed E-state index contributed by atoms with van der Waals surface area (Å²) in [6.45, 7) is -0.561. The van der Waals surface area contributed by atoms with E-state index in [1.807, 2.05) is 0 Å². The molecule has 8 heteroatoms. The van der Waals surface area contributed by atoms with Crippen LogP contribution < -0.4 is 5.32 Å². The first-order valence-electron chi connectivity index (χ1n) is 6.03. The monoisotopic (exact) mass is 319 g/mol. The molecule has 1 rings (SSSR count). The summed E-state index contributed by atoms with van der Waals surface area (Å²) in [6.07, 6.45) is 0.0527. The molecule has 0 radical (unpaired) electrons. The van der Waals surface area contributed by atoms with Crippen LogP contribution in [0.25, 0.3) is 0 Å². The molecule has 1 atom stereocenters. The van der Waals surface area contributed by atoms with Gasteiger partial charge in [0, 0.05) is 17.1 Å². The molecule has 1 unspecified atom stereocenters. The lowest BCUT2D eigenvalue weighted by Crippen LogP contribution is -2.44. The minimum absolute atomic E-state index is 0.0527. The summed E-state index contributed by atoms with van der Waals surface area (Å²) in [5.41, 5.74) is 0. The quantitative estimate of drug-likeness (QED) is 0.581. The molecule has 5 nitrogen and oxygen atoms in total. The molecule has 1 aromatic rings. The average Bonchev–Trinajstić information content (AvgIpc) is 2.47. The van der Waals surface area contributed by atoms with Gasteiger partial charge >= 0.3 is 5.97 Å². The second-order valence-electron chi connectivity index (χ2n) is 4.00. The van der Waals surface area contributed by atoms with Crippen molar-refractivity contribution in [2.24, 2.45) is 0 Å². The summed E-state index contributed by atoms with van der Waals surface area (Å²) >= 11 is 1.17. The van der Waals surface area contributed by atoms with Gasteiger partial charge in [-0.3, -0.25) is 4.79 Å². The van der Waals surface area contributed by atoms with Gasteiger partial charge in [-0.25, -0.2) is 13.6 Å². The number of rotatable bonds is 7. The Bertz CT molecular complexity index is 513. The second-order valence-corrected chi connectivity index (χ2v) is 5.17. The van der Waals surface area contributed by atoms with Crippen molar-refractivity contribution >= 4 is 23.6 Å². The fourth-order valence-electron chi connectivity index (χ4n) is 1.42. The minimum atomic E-state index is -1.10. The summed E-state index contributed by atoms with van der Waals surface area (Å²) in [7, 11) is 1.15. The third-order valence-electron chi connectivity index (χ3n) is 2.49. The number of hydrogen-bond donors (Lipinski definition) is 2. The van der Waals surface area contributed by atoms with Crippen molar-refractivity contribution in [1.82, 2.24) is 5.32 Å². The average molecular weight is 319 g/mol. The zero-order chi connectivity index (χ0) is 15.8. The Balaban J connectivity index is 2.39. The summed E-state index contributed by atoms with van der Waals surface area (Å²) in [5.74, 6) is -2.75. The maximum atomic E-state index is 13.0. The van der Waals surface area contributed by atoms with Crippen molar-refractivity contribution in [3.63, 3.8) is 0 Å². The van der Waals surface area contributed by atoms with Gasteiger partial charge in [-0.1, -0.05) is 0 Å². The Morgan fingerprint density at radius 2 is 2.10 bits per heavy atom. The normalized spacial score (nSPS) is 11.8. The number of thioether (sulfide) groups is 1. The summed E-state index contributed by atoms with van der Waals surface area (Å²) < 4.78 is 30.1. The largest absolute Gasteiger partial charge is 0.467 e. The van der Waals surface area contributed by atoms with Crippen molar-refractivity contribution in [2.45, 2.75) is 17.4 Å². The lowest BCUT2D eigenvalue weighted by atomic mass is 10.3. The molecule has 0 saturated carbocycles. The van der Waals surface area contributed by atoms with Crippen LogP contribution in [0.4, 0.5) is 8.78 Å². The van der Waals surface area contributed by atoms with Crippen molar-refractivity contribution in [1.29, 1.82) is 0 Å². The van der Waals surface area contributed by atoms with Gasteiger partial charge in [-0.2, -0.15) is 0 Å². The molecule has 0 spiro atoms. The first-order valence-corrected chi connectivity index (χ1v) is 7.02. The molecule has 2 N–H and O–H groups in total. The molecule has 0 aliphatic heterocycles. The highest BCUT2D eigenvalue weighted by molar-refractivity contribution is 7.99. The van der Waals surface area contributed by atoms with Gasteiger partial charge < -0.3 is 15.2 Å². The third kappa shape index (κ3) is 5.68. The number of carbonyl (C=O) groups is 2. The maximum absolute atomic E-state index is 13.0. The van der Waals surface area contributed by atoms with Gasteiger partial charge in [0.1, 0.15) is 0 Å². The van der Waals surface area contributed by atoms with E-state index in [1.54, 1.807) is 0 Å². The predicted molar refractivity (Wildman–Crippen MR) is 72.7 cm³/mol. The van der Waals surface area contributed by atoms with Crippen LogP contribution in [-0.2, 0) is 14.3 Å². The van der Waals surface area contributed by atoms with E-state index in [4.69, 9.17) is 5.11 Å². The number of hydrogen-bond acceptors (Lipinski definition) is 5. The highest BCUT2D eigenvalue weighted by Crippen LogP contribution is 2.20. The number of ether oxygens (including phenoxy) is 1. The second kappa shape index (κ2) is 8.58. The number of methoxy groups -OCH3 is 1. The van der Waals surface area contributed by atoms with Crippen molar-refractivity contribution in [2.75, 3.05) is 19.5 Å². The van der Waals surface area contributed by atoms with Crippen molar-refractivity contribution in [3.8, 4) is 0 Å². The van der Waals surface area contributed by atoms with Crippen molar-refractivity contribution < 1.29 is 28.2 Å². The maximum Gasteiger partial charge on any atom is 0.330 e. The fourth-order valence-corrected chi connectivity index (χ4v) is 2.29. The smallest absolute Gasteiger partial charge is 0.330 e. The van der Waals surface area contributed by atoms with Crippen LogP contribution in [-0.4, -0.2) is 42.5 Å². The van der Waals surface area contributed by atoms with Crippen LogP contribution in [0.5, 0.6) is 0 Å². The SMILES string of the molecule is COC(=O)C(CO)NC(=O)CCSc1ccc(F)c(F)c1. The van der Waals surface area contributed by atoms with Crippen LogP contribution in [0.3, 0.4) is 0 Å². The number of amides is 1. The molecule has 0 heterocycles. The Morgan fingerprint density at radius 3 is 2.67 bits per heavy atom. The fraction of sp³-hybridized carbons (Fsp3) is 0.385. The lowest BCUT2D eigenvalue weighted by Gasteiger charge is -2.13. The molecule has 0 aliphatic carbocycles. The van der Waals surface area contributed by atoms with E-state index in [2.05, 4.69) is 10.1 Å². The topological polar surface area (TPSA) is 75.6 Å². The number of carbonyl (C=O) groups excluding carboxylic acids is 2. The number of nitrogens with one attached hydrogen (secondary N) is 1.